The van der Waals surface area contributed by atoms with Gasteiger partial charge in [0.25, 0.3) is 11.6 Å². The first-order chi connectivity index (χ1) is 14.8. The lowest BCUT2D eigenvalue weighted by Gasteiger charge is -2.11. The van der Waals surface area contributed by atoms with Gasteiger partial charge in [0, 0.05) is 37.1 Å². The second-order valence-corrected chi connectivity index (χ2v) is 7.11. The second-order valence-electron chi connectivity index (χ2n) is 7.11. The molecule has 8 heteroatoms. The summed E-state index contributed by atoms with van der Waals surface area (Å²) in [7, 11) is 3.91. The Morgan fingerprint density at radius 1 is 1.03 bits per heavy atom. The molecule has 8 nitrogen and oxygen atoms in total. The van der Waals surface area contributed by atoms with E-state index in [1.807, 2.05) is 68.4 Å². The molecule has 31 heavy (non-hydrogen) atoms. The zero-order valence-corrected chi connectivity index (χ0v) is 17.5. The summed E-state index contributed by atoms with van der Waals surface area (Å²) in [5.41, 5.74) is 6.28. The molecular formula is C23H23N5O3. The van der Waals surface area contributed by atoms with Gasteiger partial charge in [0.1, 0.15) is 5.69 Å². The molecule has 0 heterocycles. The summed E-state index contributed by atoms with van der Waals surface area (Å²) in [4.78, 5) is 25.5. The molecule has 158 valence electrons. The van der Waals surface area contributed by atoms with Gasteiger partial charge >= 0.3 is 0 Å². The number of nitro benzene ring substituents is 1. The van der Waals surface area contributed by atoms with Gasteiger partial charge in [-0.2, -0.15) is 5.10 Å². The highest BCUT2D eigenvalue weighted by Gasteiger charge is 2.18. The van der Waals surface area contributed by atoms with Gasteiger partial charge in [0.05, 0.1) is 11.1 Å². The third kappa shape index (κ3) is 5.45. The molecule has 0 aliphatic carbocycles. The molecule has 3 rings (SSSR count). The summed E-state index contributed by atoms with van der Waals surface area (Å²) < 4.78 is 0. The number of nitrogens with one attached hydrogen (secondary N) is 2. The lowest BCUT2D eigenvalue weighted by molar-refractivity contribution is -0.384. The van der Waals surface area contributed by atoms with Crippen LogP contribution in [0.3, 0.4) is 0 Å². The van der Waals surface area contributed by atoms with E-state index in [0.717, 1.165) is 16.8 Å². The number of hydrogen-bond acceptors (Lipinski definition) is 6. The third-order valence-electron chi connectivity index (χ3n) is 4.66. The average Bonchev–Trinajstić information content (AvgIpc) is 2.75. The van der Waals surface area contributed by atoms with Crippen LogP contribution in [0, 0.1) is 17.0 Å². The summed E-state index contributed by atoms with van der Waals surface area (Å²) in [5, 5.41) is 18.4. The smallest absolute Gasteiger partial charge is 0.294 e. The number of hydrazone groups is 1. The number of nitro groups is 1. The molecule has 0 spiro atoms. The fourth-order valence-electron chi connectivity index (χ4n) is 2.86. The molecule has 0 saturated carbocycles. The van der Waals surface area contributed by atoms with Crippen molar-refractivity contribution in [3.05, 3.63) is 93.5 Å². The molecule has 0 aliphatic rings. The van der Waals surface area contributed by atoms with Crippen LogP contribution in [-0.4, -0.2) is 31.1 Å². The van der Waals surface area contributed by atoms with Crippen molar-refractivity contribution >= 4 is 34.9 Å². The average molecular weight is 417 g/mol. The van der Waals surface area contributed by atoms with E-state index in [2.05, 4.69) is 15.8 Å². The van der Waals surface area contributed by atoms with Gasteiger partial charge in [-0.05, 0) is 48.4 Å². The van der Waals surface area contributed by atoms with E-state index in [-0.39, 0.29) is 16.9 Å². The van der Waals surface area contributed by atoms with Crippen molar-refractivity contribution in [3.8, 4) is 0 Å². The summed E-state index contributed by atoms with van der Waals surface area (Å²) in [5.74, 6) is -0.423. The molecule has 3 aromatic carbocycles. The van der Waals surface area contributed by atoms with E-state index >= 15 is 0 Å². The summed E-state index contributed by atoms with van der Waals surface area (Å²) >= 11 is 0. The highest BCUT2D eigenvalue weighted by molar-refractivity contribution is 6.05. The standard InChI is InChI=1S/C23H23N5O3/c1-16-6-4-5-7-20(16)25-23(29)18-10-13-21(22(14-18)28(30)31)26-24-15-17-8-11-19(12-9-17)27(2)3/h4-15,26H,1-3H3,(H,25,29)/b24-15-. The molecular weight excluding hydrogens is 394 g/mol. The Bertz CT molecular complexity index is 1120. The van der Waals surface area contributed by atoms with Crippen LogP contribution in [0.1, 0.15) is 21.5 Å². The van der Waals surface area contributed by atoms with Crippen LogP contribution in [0.15, 0.2) is 71.8 Å². The predicted molar refractivity (Wildman–Crippen MR) is 124 cm³/mol. The van der Waals surface area contributed by atoms with Crippen molar-refractivity contribution in [2.75, 3.05) is 29.7 Å². The Morgan fingerprint density at radius 2 is 1.74 bits per heavy atom. The molecule has 0 radical (unpaired) electrons. The van der Waals surface area contributed by atoms with Gasteiger partial charge in [-0.1, -0.05) is 30.3 Å². The number of hydrogen-bond donors (Lipinski definition) is 2. The van der Waals surface area contributed by atoms with Gasteiger partial charge in [0.2, 0.25) is 0 Å². The molecule has 0 unspecified atom stereocenters. The number of anilines is 3. The number of aryl methyl sites for hydroxylation is 1. The van der Waals surface area contributed by atoms with Crippen LogP contribution < -0.4 is 15.6 Å². The second kappa shape index (κ2) is 9.53. The molecule has 0 fully saturated rings. The van der Waals surface area contributed by atoms with Crippen LogP contribution >= 0.6 is 0 Å². The van der Waals surface area contributed by atoms with E-state index in [0.29, 0.717) is 5.69 Å². The fraction of sp³-hybridized carbons (Fsp3) is 0.130. The molecule has 2 N–H and O–H groups in total. The zero-order chi connectivity index (χ0) is 22.4. The van der Waals surface area contributed by atoms with E-state index in [9.17, 15) is 14.9 Å². The Hall–Kier alpha value is -4.20. The highest BCUT2D eigenvalue weighted by atomic mass is 16.6. The van der Waals surface area contributed by atoms with E-state index in [1.165, 1.54) is 18.2 Å². The van der Waals surface area contributed by atoms with Crippen molar-refractivity contribution in [2.24, 2.45) is 5.10 Å². The number of amides is 1. The third-order valence-corrected chi connectivity index (χ3v) is 4.66. The highest BCUT2D eigenvalue weighted by Crippen LogP contribution is 2.26. The van der Waals surface area contributed by atoms with Crippen LogP contribution in [0.2, 0.25) is 0 Å². The van der Waals surface area contributed by atoms with E-state index in [1.54, 1.807) is 12.3 Å². The maximum atomic E-state index is 12.5. The molecule has 0 saturated heterocycles. The SMILES string of the molecule is Cc1ccccc1NC(=O)c1ccc(N/N=C\c2ccc(N(C)C)cc2)c([N+](=O)[O-])c1. The number of rotatable bonds is 7. The summed E-state index contributed by atoms with van der Waals surface area (Å²) in [6.07, 6.45) is 1.57. The van der Waals surface area contributed by atoms with Crippen LogP contribution in [0.4, 0.5) is 22.7 Å². The molecule has 0 aliphatic heterocycles. The Kier molecular flexibility index (Phi) is 6.61. The van der Waals surface area contributed by atoms with Gasteiger partial charge in [-0.25, -0.2) is 0 Å². The van der Waals surface area contributed by atoms with Crippen molar-refractivity contribution in [1.82, 2.24) is 0 Å². The van der Waals surface area contributed by atoms with E-state index < -0.39 is 10.8 Å². The minimum atomic E-state index is -0.547. The Balaban J connectivity index is 1.75. The quantitative estimate of drug-likeness (QED) is 0.331. The van der Waals surface area contributed by atoms with Crippen LogP contribution in [-0.2, 0) is 0 Å². The number of para-hydroxylation sites is 1. The fourth-order valence-corrected chi connectivity index (χ4v) is 2.86. The molecule has 1 amide bonds. The topological polar surface area (TPSA) is 99.9 Å². The zero-order valence-electron chi connectivity index (χ0n) is 17.5. The van der Waals surface area contributed by atoms with Gasteiger partial charge < -0.3 is 10.2 Å². The minimum absolute atomic E-state index is 0.184. The lowest BCUT2D eigenvalue weighted by Crippen LogP contribution is -2.13. The molecule has 0 atom stereocenters. The monoisotopic (exact) mass is 417 g/mol. The number of benzene rings is 3. The molecule has 3 aromatic rings. The van der Waals surface area contributed by atoms with Gasteiger partial charge in [-0.15, -0.1) is 0 Å². The van der Waals surface area contributed by atoms with Gasteiger partial charge in [0.15, 0.2) is 0 Å². The number of nitrogens with zero attached hydrogens (tertiary/aromatic N) is 3. The van der Waals surface area contributed by atoms with Crippen molar-refractivity contribution in [3.63, 3.8) is 0 Å². The largest absolute Gasteiger partial charge is 0.378 e. The number of carbonyl (C=O) groups is 1. The predicted octanol–water partition coefficient (Wildman–Crippen LogP) is 4.67. The Morgan fingerprint density at radius 3 is 2.39 bits per heavy atom. The van der Waals surface area contributed by atoms with E-state index in [4.69, 9.17) is 0 Å². The number of carbonyl (C=O) groups excluding carboxylic acids is 1. The molecule has 0 aromatic heterocycles. The van der Waals surface area contributed by atoms with Crippen molar-refractivity contribution in [1.29, 1.82) is 0 Å². The van der Waals surface area contributed by atoms with Crippen molar-refractivity contribution in [2.45, 2.75) is 6.92 Å². The maximum Gasteiger partial charge on any atom is 0.294 e. The van der Waals surface area contributed by atoms with Crippen LogP contribution in [0.5, 0.6) is 0 Å². The Labute approximate surface area is 180 Å². The van der Waals surface area contributed by atoms with Crippen molar-refractivity contribution < 1.29 is 9.72 Å². The summed E-state index contributed by atoms with van der Waals surface area (Å²) in [6, 6.07) is 19.2. The lowest BCUT2D eigenvalue weighted by atomic mass is 10.1. The molecule has 0 bridgehead atoms. The van der Waals surface area contributed by atoms with Crippen LogP contribution in [0.25, 0.3) is 0 Å². The normalized spacial score (nSPS) is 10.7. The maximum absolute atomic E-state index is 12.5. The summed E-state index contributed by atoms with van der Waals surface area (Å²) in [6.45, 7) is 1.87. The first-order valence-corrected chi connectivity index (χ1v) is 9.57. The first kappa shape index (κ1) is 21.5. The minimum Gasteiger partial charge on any atom is -0.378 e. The first-order valence-electron chi connectivity index (χ1n) is 9.57. The van der Waals surface area contributed by atoms with Gasteiger partial charge in [-0.3, -0.25) is 20.3 Å².